The van der Waals surface area contributed by atoms with Gasteiger partial charge in [0.15, 0.2) is 0 Å². The standard InChI is InChI=1S/C8H14O2S/c1-3-5-7(11)6-8(9)10-4-2/h6,11H,3-5H2,1-2H3. The van der Waals surface area contributed by atoms with Crippen LogP contribution in [0.5, 0.6) is 0 Å². The fraction of sp³-hybridized carbons (Fsp3) is 0.625. The summed E-state index contributed by atoms with van der Waals surface area (Å²) < 4.78 is 4.69. The number of hydrogen-bond donors (Lipinski definition) is 1. The molecule has 0 bridgehead atoms. The first-order valence-electron chi connectivity index (χ1n) is 3.77. The molecule has 0 amide bonds. The molecule has 3 heteroatoms. The van der Waals surface area contributed by atoms with Gasteiger partial charge in [-0.15, -0.1) is 12.6 Å². The van der Waals surface area contributed by atoms with E-state index in [2.05, 4.69) is 12.6 Å². The number of ether oxygens (including phenoxy) is 1. The molecular weight excluding hydrogens is 160 g/mol. The van der Waals surface area contributed by atoms with Crippen molar-refractivity contribution in [2.75, 3.05) is 6.61 Å². The molecule has 0 aliphatic rings. The number of hydrogen-bond acceptors (Lipinski definition) is 3. The molecule has 0 aliphatic carbocycles. The fourth-order valence-electron chi connectivity index (χ4n) is 0.648. The molecule has 0 heterocycles. The molecule has 64 valence electrons. The van der Waals surface area contributed by atoms with Crippen LogP contribution in [0.15, 0.2) is 11.0 Å². The summed E-state index contributed by atoms with van der Waals surface area (Å²) in [5.41, 5.74) is 0. The smallest absolute Gasteiger partial charge is 0.331 e. The van der Waals surface area contributed by atoms with Crippen molar-refractivity contribution in [1.29, 1.82) is 0 Å². The lowest BCUT2D eigenvalue weighted by Crippen LogP contribution is -1.99. The van der Waals surface area contributed by atoms with Crippen molar-refractivity contribution in [2.45, 2.75) is 26.7 Å². The van der Waals surface area contributed by atoms with Gasteiger partial charge in [-0.05, 0) is 18.2 Å². The van der Waals surface area contributed by atoms with Gasteiger partial charge in [0, 0.05) is 6.08 Å². The number of thiol groups is 1. The van der Waals surface area contributed by atoms with Crippen LogP contribution in [0.4, 0.5) is 0 Å². The van der Waals surface area contributed by atoms with Crippen molar-refractivity contribution in [1.82, 2.24) is 0 Å². The van der Waals surface area contributed by atoms with Crippen molar-refractivity contribution in [3.63, 3.8) is 0 Å². The normalized spacial score (nSPS) is 11.4. The molecule has 0 atom stereocenters. The van der Waals surface area contributed by atoms with E-state index in [0.717, 1.165) is 17.7 Å². The highest BCUT2D eigenvalue weighted by Crippen LogP contribution is 2.08. The zero-order chi connectivity index (χ0) is 8.69. The van der Waals surface area contributed by atoms with Crippen LogP contribution in [-0.2, 0) is 9.53 Å². The van der Waals surface area contributed by atoms with Crippen molar-refractivity contribution < 1.29 is 9.53 Å². The van der Waals surface area contributed by atoms with E-state index < -0.39 is 0 Å². The van der Waals surface area contributed by atoms with E-state index >= 15 is 0 Å². The second-order valence-corrected chi connectivity index (χ2v) is 2.71. The van der Waals surface area contributed by atoms with Gasteiger partial charge in [0.2, 0.25) is 0 Å². The molecule has 0 aromatic carbocycles. The zero-order valence-corrected chi connectivity index (χ0v) is 7.86. The van der Waals surface area contributed by atoms with E-state index in [4.69, 9.17) is 4.74 Å². The average molecular weight is 174 g/mol. The summed E-state index contributed by atoms with van der Waals surface area (Å²) in [6, 6.07) is 0. The van der Waals surface area contributed by atoms with Gasteiger partial charge in [-0.25, -0.2) is 4.79 Å². The lowest BCUT2D eigenvalue weighted by Gasteiger charge is -1.97. The predicted molar refractivity (Wildman–Crippen MR) is 48.6 cm³/mol. The minimum atomic E-state index is -0.300. The second-order valence-electron chi connectivity index (χ2n) is 2.14. The molecule has 0 saturated carbocycles. The van der Waals surface area contributed by atoms with Gasteiger partial charge in [0.05, 0.1) is 6.61 Å². The summed E-state index contributed by atoms with van der Waals surface area (Å²) in [4.78, 5) is 11.6. The van der Waals surface area contributed by atoms with Gasteiger partial charge in [0.1, 0.15) is 0 Å². The van der Waals surface area contributed by atoms with Gasteiger partial charge in [0.25, 0.3) is 0 Å². The maximum Gasteiger partial charge on any atom is 0.331 e. The number of carbonyl (C=O) groups is 1. The zero-order valence-electron chi connectivity index (χ0n) is 6.96. The molecule has 0 radical (unpaired) electrons. The van der Waals surface area contributed by atoms with Crippen LogP contribution in [0, 0.1) is 0 Å². The van der Waals surface area contributed by atoms with Crippen LogP contribution in [0.1, 0.15) is 26.7 Å². The number of esters is 1. The third kappa shape index (κ3) is 5.98. The SMILES string of the molecule is CCCC(S)=CC(=O)OCC. The molecule has 0 spiro atoms. The van der Waals surface area contributed by atoms with Crippen LogP contribution in [-0.4, -0.2) is 12.6 Å². The Labute approximate surface area is 73.0 Å². The maximum absolute atomic E-state index is 10.8. The highest BCUT2D eigenvalue weighted by atomic mass is 32.1. The van der Waals surface area contributed by atoms with Crippen molar-refractivity contribution >= 4 is 18.6 Å². The van der Waals surface area contributed by atoms with E-state index in [1.165, 1.54) is 6.08 Å². The topological polar surface area (TPSA) is 26.3 Å². The second kappa shape index (κ2) is 6.28. The Morgan fingerprint density at radius 1 is 1.55 bits per heavy atom. The Balaban J connectivity index is 3.76. The Hall–Kier alpha value is -0.440. The van der Waals surface area contributed by atoms with Crippen LogP contribution < -0.4 is 0 Å². The largest absolute Gasteiger partial charge is 0.463 e. The van der Waals surface area contributed by atoms with Gasteiger partial charge in [-0.1, -0.05) is 13.3 Å². The number of allylic oxidation sites excluding steroid dienone is 1. The van der Waals surface area contributed by atoms with Crippen molar-refractivity contribution in [3.8, 4) is 0 Å². The summed E-state index contributed by atoms with van der Waals surface area (Å²) >= 11 is 4.10. The molecule has 0 aromatic heterocycles. The van der Waals surface area contributed by atoms with Crippen LogP contribution >= 0.6 is 12.6 Å². The number of rotatable bonds is 4. The molecule has 2 nitrogen and oxygen atoms in total. The minimum absolute atomic E-state index is 0.300. The lowest BCUT2D eigenvalue weighted by atomic mass is 10.3. The molecule has 0 aromatic rings. The van der Waals surface area contributed by atoms with Crippen LogP contribution in [0.25, 0.3) is 0 Å². The first-order valence-corrected chi connectivity index (χ1v) is 4.21. The Morgan fingerprint density at radius 2 is 2.18 bits per heavy atom. The van der Waals surface area contributed by atoms with Crippen molar-refractivity contribution in [2.24, 2.45) is 0 Å². The summed E-state index contributed by atoms with van der Waals surface area (Å²) in [6.45, 7) is 4.24. The van der Waals surface area contributed by atoms with Gasteiger partial charge < -0.3 is 4.74 Å². The van der Waals surface area contributed by atoms with Gasteiger partial charge >= 0.3 is 5.97 Å². The Kier molecular flexibility index (Phi) is 6.03. The van der Waals surface area contributed by atoms with Gasteiger partial charge in [-0.3, -0.25) is 0 Å². The first-order chi connectivity index (χ1) is 5.20. The summed E-state index contributed by atoms with van der Waals surface area (Å²) in [5, 5.41) is 0. The van der Waals surface area contributed by atoms with Crippen molar-refractivity contribution in [3.05, 3.63) is 11.0 Å². The molecule has 0 unspecified atom stereocenters. The monoisotopic (exact) mass is 174 g/mol. The molecule has 0 aliphatic heterocycles. The minimum Gasteiger partial charge on any atom is -0.463 e. The highest BCUT2D eigenvalue weighted by Gasteiger charge is 1.96. The first kappa shape index (κ1) is 10.6. The molecule has 0 N–H and O–H groups in total. The third-order valence-corrected chi connectivity index (χ3v) is 1.43. The average Bonchev–Trinajstić information content (AvgIpc) is 1.87. The van der Waals surface area contributed by atoms with E-state index in [0.29, 0.717) is 6.61 Å². The predicted octanol–water partition coefficient (Wildman–Crippen LogP) is 2.16. The number of carbonyl (C=O) groups excluding carboxylic acids is 1. The summed E-state index contributed by atoms with van der Waals surface area (Å²) in [6.07, 6.45) is 3.26. The molecule has 0 saturated heterocycles. The van der Waals surface area contributed by atoms with Crippen LogP contribution in [0.3, 0.4) is 0 Å². The maximum atomic E-state index is 10.8. The third-order valence-electron chi connectivity index (χ3n) is 1.08. The van der Waals surface area contributed by atoms with E-state index in [-0.39, 0.29) is 5.97 Å². The Bertz CT molecular complexity index is 152. The van der Waals surface area contributed by atoms with Crippen LogP contribution in [0.2, 0.25) is 0 Å². The highest BCUT2D eigenvalue weighted by molar-refractivity contribution is 7.84. The van der Waals surface area contributed by atoms with E-state index in [9.17, 15) is 4.79 Å². The summed E-state index contributed by atoms with van der Waals surface area (Å²) in [7, 11) is 0. The molecule has 0 rings (SSSR count). The van der Waals surface area contributed by atoms with Gasteiger partial charge in [-0.2, -0.15) is 0 Å². The molecule has 0 fully saturated rings. The molecule has 11 heavy (non-hydrogen) atoms. The lowest BCUT2D eigenvalue weighted by molar-refractivity contribution is -0.137. The Morgan fingerprint density at radius 3 is 2.64 bits per heavy atom. The fourth-order valence-corrected chi connectivity index (χ4v) is 0.977. The van der Waals surface area contributed by atoms with E-state index in [1.54, 1.807) is 6.92 Å². The molecular formula is C8H14O2S. The van der Waals surface area contributed by atoms with E-state index in [1.807, 2.05) is 6.92 Å². The quantitative estimate of drug-likeness (QED) is 0.401. The summed E-state index contributed by atoms with van der Waals surface area (Å²) in [5.74, 6) is -0.300.